The number of fused-ring (bicyclic) bond motifs is 1. The molecule has 0 saturated carbocycles. The number of β-lactam (4-membered cyclic amide) rings is 1. The fourth-order valence-electron chi connectivity index (χ4n) is 5.27. The van der Waals surface area contributed by atoms with Crippen LogP contribution >= 0.6 is 34.7 Å². The number of nitrogens with two attached hydrogens (primary N) is 1. The Hall–Kier alpha value is -5.92. The number of hydrogen-bond acceptors (Lipinski definition) is 17. The summed E-state index contributed by atoms with van der Waals surface area (Å²) in [6.45, 7) is 0.109. The van der Waals surface area contributed by atoms with E-state index in [-0.39, 0.29) is 23.9 Å². The molecule has 1 aromatic carbocycles. The van der Waals surface area contributed by atoms with Gasteiger partial charge in [-0.1, -0.05) is 28.5 Å². The Labute approximate surface area is 321 Å². The van der Waals surface area contributed by atoms with Crippen molar-refractivity contribution in [1.82, 2.24) is 35.9 Å². The van der Waals surface area contributed by atoms with Gasteiger partial charge in [0.15, 0.2) is 22.3 Å². The number of oxime groups is 1. The van der Waals surface area contributed by atoms with Gasteiger partial charge in [-0.3, -0.25) is 34.3 Å². The first-order valence-corrected chi connectivity index (χ1v) is 17.7. The predicted molar refractivity (Wildman–Crippen MR) is 186 cm³/mol. The zero-order valence-electron chi connectivity index (χ0n) is 28.2. The lowest BCUT2D eigenvalue weighted by Gasteiger charge is -2.41. The van der Waals surface area contributed by atoms with E-state index in [0.29, 0.717) is 16.8 Å². The van der Waals surface area contributed by atoms with Crippen molar-refractivity contribution in [3.63, 3.8) is 0 Å². The molecule has 3 saturated heterocycles. The average molecular weight is 828 g/mol. The Bertz CT molecular complexity index is 2050. The number of carbonyl (C=O) groups is 8. The zero-order valence-corrected chi connectivity index (χ0v) is 30.6. The number of hydrogen-bond donors (Lipinski definition) is 9. The van der Waals surface area contributed by atoms with Crippen LogP contribution in [0, 0.1) is 0 Å². The maximum absolute atomic E-state index is 13.5. The number of aromatic hydroxyl groups is 2. The minimum Gasteiger partial charge on any atom is -0.504 e. The summed E-state index contributed by atoms with van der Waals surface area (Å²) in [6, 6.07) is -2.41. The molecule has 5 rings (SSSR count). The fraction of sp³-hybridized carbons (Fsp3) is 0.379. The van der Waals surface area contributed by atoms with E-state index in [1.165, 1.54) is 19.2 Å². The van der Waals surface area contributed by atoms with Crippen molar-refractivity contribution in [2.45, 2.75) is 41.8 Å². The lowest BCUT2D eigenvalue weighted by molar-refractivity contribution is -0.161. The van der Waals surface area contributed by atoms with Crippen LogP contribution in [0.4, 0.5) is 9.93 Å². The van der Waals surface area contributed by atoms with Crippen LogP contribution < -0.4 is 21.8 Å². The molecule has 26 heteroatoms. The van der Waals surface area contributed by atoms with E-state index in [2.05, 4.69) is 20.9 Å². The predicted octanol–water partition coefficient (Wildman–Crippen LogP) is -2.32. The molecule has 55 heavy (non-hydrogen) atoms. The first-order valence-electron chi connectivity index (χ1n) is 15.5. The van der Waals surface area contributed by atoms with E-state index in [9.17, 15) is 63.9 Å². The number of aliphatic hydroxyl groups is 1. The molecule has 0 radical (unpaired) electrons. The number of aliphatic hydroxyl groups excluding tert-OH is 1. The molecule has 10 N–H and O–H groups in total. The second-order valence-electron chi connectivity index (χ2n) is 12.3. The van der Waals surface area contributed by atoms with Crippen LogP contribution in [-0.2, 0) is 33.6 Å². The third kappa shape index (κ3) is 7.45. The minimum atomic E-state index is -2.13. The van der Waals surface area contributed by atoms with Gasteiger partial charge in [0.1, 0.15) is 23.2 Å². The van der Waals surface area contributed by atoms with Crippen LogP contribution in [-0.4, -0.2) is 153 Å². The molecule has 0 bridgehead atoms. The number of anilines is 1. The molecule has 294 valence electrons. The van der Waals surface area contributed by atoms with Gasteiger partial charge in [-0.25, -0.2) is 24.4 Å². The maximum atomic E-state index is 13.5. The van der Waals surface area contributed by atoms with Crippen molar-refractivity contribution in [3.8, 4) is 11.5 Å². The number of Topliss-reactive ketones (excluding diaryl/α,β-unsaturated/α-hetero) is 1. The summed E-state index contributed by atoms with van der Waals surface area (Å²) in [5.74, 6) is -10.3. The van der Waals surface area contributed by atoms with Gasteiger partial charge in [-0.15, -0.1) is 11.3 Å². The summed E-state index contributed by atoms with van der Waals surface area (Å²) < 4.78 is 0. The second-order valence-corrected chi connectivity index (χ2v) is 15.0. The zero-order chi connectivity index (χ0) is 40.7. The highest BCUT2D eigenvalue weighted by Crippen LogP contribution is 2.49. The first kappa shape index (κ1) is 40.3. The molecule has 3 aliphatic heterocycles. The van der Waals surface area contributed by atoms with Gasteiger partial charge in [-0.2, -0.15) is 0 Å². The van der Waals surface area contributed by atoms with E-state index in [0.717, 1.165) is 33.3 Å². The molecule has 4 heterocycles. The normalized spacial score (nSPS) is 21.4. The number of carboxylic acids is 2. The number of hydrazine groups is 1. The average Bonchev–Trinajstić information content (AvgIpc) is 3.83. The van der Waals surface area contributed by atoms with E-state index < -0.39 is 116 Å². The monoisotopic (exact) mass is 827 g/mol. The Balaban J connectivity index is 1.26. The van der Waals surface area contributed by atoms with Crippen molar-refractivity contribution in [3.05, 3.63) is 33.8 Å². The number of aromatic nitrogens is 1. The number of thiazole rings is 1. The van der Waals surface area contributed by atoms with Crippen molar-refractivity contribution in [1.29, 1.82) is 0 Å². The van der Waals surface area contributed by atoms with Gasteiger partial charge in [-0.05, 0) is 26.0 Å². The number of halogens is 1. The topological polar surface area (TPSA) is 344 Å². The maximum Gasteiger partial charge on any atom is 0.350 e. The summed E-state index contributed by atoms with van der Waals surface area (Å²) in [6.07, 6.45) is 0. The van der Waals surface area contributed by atoms with Crippen LogP contribution in [0.1, 0.15) is 29.9 Å². The number of thioether (sulfide) groups is 1. The summed E-state index contributed by atoms with van der Waals surface area (Å²) in [5, 5.41) is 57.2. The number of nitrogens with zero attached hydrogens (tertiary/aromatic N) is 5. The number of aliphatic carboxylic acids is 2. The fourth-order valence-corrected chi connectivity index (χ4v) is 7.70. The SMILES string of the molecule is CC(C)(O/N=C(\C(=O)N[C@@H]1C(=O)N2C[C@@](C(=O)O)(N3CCN(NC(=O)[C@H](CO)NC(=O)C(=O)c4ccc(O)c(O)c4Cl)C3=O)S[C@H]12)c1csc(N)n1)C(=O)O. The molecule has 3 aliphatic rings. The molecule has 0 spiro atoms. The Kier molecular flexibility index (Phi) is 11.0. The molecule has 2 aromatic rings. The van der Waals surface area contributed by atoms with E-state index in [4.69, 9.17) is 22.2 Å². The number of nitrogen functional groups attached to an aromatic ring is 1. The number of phenolic OH excluding ortho intramolecular Hbond substituents is 2. The molecule has 0 aliphatic carbocycles. The first-order chi connectivity index (χ1) is 25.7. The van der Waals surface area contributed by atoms with Crippen molar-refractivity contribution in [2.24, 2.45) is 5.16 Å². The summed E-state index contributed by atoms with van der Waals surface area (Å²) in [7, 11) is 0. The highest BCUT2D eigenvalue weighted by Gasteiger charge is 2.66. The summed E-state index contributed by atoms with van der Waals surface area (Å²) in [4.78, 5) is 111. The van der Waals surface area contributed by atoms with E-state index >= 15 is 0 Å². The number of carbonyl (C=O) groups excluding carboxylic acids is 6. The number of nitrogens with one attached hydrogen (secondary N) is 3. The number of amides is 6. The Morgan fingerprint density at radius 3 is 2.44 bits per heavy atom. The van der Waals surface area contributed by atoms with Crippen LogP contribution in [0.15, 0.2) is 22.7 Å². The smallest absolute Gasteiger partial charge is 0.350 e. The highest BCUT2D eigenvalue weighted by molar-refractivity contribution is 8.02. The van der Waals surface area contributed by atoms with Gasteiger partial charge in [0.2, 0.25) is 16.4 Å². The number of carboxylic acid groups (broad SMARTS) is 2. The largest absolute Gasteiger partial charge is 0.504 e. The Morgan fingerprint density at radius 2 is 1.84 bits per heavy atom. The molecular formula is C29H30ClN9O14S2. The van der Waals surface area contributed by atoms with E-state index in [1.54, 1.807) is 0 Å². The Morgan fingerprint density at radius 1 is 1.15 bits per heavy atom. The van der Waals surface area contributed by atoms with Crippen molar-refractivity contribution >= 4 is 92.9 Å². The number of urea groups is 1. The van der Waals surface area contributed by atoms with Gasteiger partial charge in [0.05, 0.1) is 30.3 Å². The summed E-state index contributed by atoms with van der Waals surface area (Å²) >= 11 is 7.40. The van der Waals surface area contributed by atoms with Crippen LogP contribution in [0.25, 0.3) is 0 Å². The number of ketones is 1. The second kappa shape index (κ2) is 15.1. The van der Waals surface area contributed by atoms with Gasteiger partial charge < -0.3 is 51.6 Å². The van der Waals surface area contributed by atoms with Gasteiger partial charge >= 0.3 is 18.0 Å². The van der Waals surface area contributed by atoms with Gasteiger partial charge in [0, 0.05) is 11.9 Å². The molecule has 0 unspecified atom stereocenters. The standard InChI is InChI=1S/C29H30ClN9O14S2/c1-28(2,24(48)49)53-36-15(12-8-54-26(31)33-12)20(45)34-16-22(47)37-9-29(25(50)51,55-23(16)37)38-5-6-39(27(38)52)35-19(44)11(7-40)32-21(46)17(42)10-3-4-13(41)18(43)14(10)30/h3-4,8,11,16,23,40-41,43H,5-7,9H2,1-2H3,(H2,31,33)(H,32,46)(H,34,45)(H,35,44)(H,48,49)(H,50,51)/b36-15-/t11-,16+,23+,29+/m0/s1. The summed E-state index contributed by atoms with van der Waals surface area (Å²) in [5.41, 5.74) is 4.76. The molecule has 1 aromatic heterocycles. The molecular weight excluding hydrogens is 798 g/mol. The van der Waals surface area contributed by atoms with E-state index in [1.807, 2.05) is 5.32 Å². The third-order valence-electron chi connectivity index (χ3n) is 8.36. The number of benzene rings is 1. The van der Waals surface area contributed by atoms with Crippen LogP contribution in [0.5, 0.6) is 11.5 Å². The third-order valence-corrected chi connectivity index (χ3v) is 11.1. The number of phenols is 2. The van der Waals surface area contributed by atoms with Gasteiger partial charge in [0.25, 0.3) is 23.5 Å². The quantitative estimate of drug-likeness (QED) is 0.0241. The molecule has 3 fully saturated rings. The van der Waals surface area contributed by atoms with Crippen molar-refractivity contribution in [2.75, 3.05) is 32.0 Å². The van der Waals surface area contributed by atoms with Crippen LogP contribution in [0.2, 0.25) is 5.02 Å². The molecule has 4 atom stereocenters. The van der Waals surface area contributed by atoms with Crippen LogP contribution in [0.3, 0.4) is 0 Å². The lowest BCUT2D eigenvalue weighted by atomic mass is 10.1. The lowest BCUT2D eigenvalue weighted by Crippen LogP contribution is -2.68. The van der Waals surface area contributed by atoms with Crippen molar-refractivity contribution < 1.29 is 68.7 Å². The molecule has 6 amide bonds. The number of rotatable bonds is 14. The minimum absolute atomic E-state index is 0.0293. The highest BCUT2D eigenvalue weighted by atomic mass is 35.5. The molecule has 23 nitrogen and oxygen atoms in total.